The van der Waals surface area contributed by atoms with Gasteiger partial charge in [0.1, 0.15) is 5.75 Å². The predicted octanol–water partition coefficient (Wildman–Crippen LogP) is 3.49. The number of rotatable bonds is 4. The van der Waals surface area contributed by atoms with Crippen molar-refractivity contribution >= 4 is 5.69 Å². The lowest BCUT2D eigenvalue weighted by Gasteiger charge is -2.44. The van der Waals surface area contributed by atoms with Crippen LogP contribution in [0.2, 0.25) is 0 Å². The average Bonchev–Trinajstić information content (AvgIpc) is 2.71. The minimum Gasteiger partial charge on any atom is -0.508 e. The zero-order valence-corrected chi connectivity index (χ0v) is 16.3. The van der Waals surface area contributed by atoms with Crippen LogP contribution in [0.4, 0.5) is 5.69 Å². The number of aryl methyl sites for hydroxylation is 1. The van der Waals surface area contributed by atoms with E-state index in [4.69, 9.17) is 0 Å². The number of piperazine rings is 1. The lowest BCUT2D eigenvalue weighted by atomic mass is 10.0. The normalized spacial score (nSPS) is 22.1. The molecular formula is C23H31N3O. The largest absolute Gasteiger partial charge is 0.508 e. The van der Waals surface area contributed by atoms with Crippen molar-refractivity contribution in [2.24, 2.45) is 0 Å². The topological polar surface area (TPSA) is 30.0 Å². The summed E-state index contributed by atoms with van der Waals surface area (Å²) in [7, 11) is 0. The number of piperidine rings is 1. The first-order valence-electron chi connectivity index (χ1n) is 10.2. The molecule has 4 heteroatoms. The Balaban J connectivity index is 1.31. The molecular weight excluding hydrogens is 334 g/mol. The fourth-order valence-corrected chi connectivity index (χ4v) is 4.58. The molecule has 2 heterocycles. The average molecular weight is 366 g/mol. The molecule has 144 valence electrons. The summed E-state index contributed by atoms with van der Waals surface area (Å²) in [6.45, 7) is 10.1. The highest BCUT2D eigenvalue weighted by Gasteiger charge is 2.28. The summed E-state index contributed by atoms with van der Waals surface area (Å²) < 4.78 is 0. The van der Waals surface area contributed by atoms with Gasteiger partial charge in [-0.15, -0.1) is 0 Å². The van der Waals surface area contributed by atoms with Crippen molar-refractivity contribution in [1.29, 1.82) is 0 Å². The molecule has 27 heavy (non-hydrogen) atoms. The van der Waals surface area contributed by atoms with Crippen molar-refractivity contribution in [3.05, 3.63) is 59.7 Å². The molecule has 0 amide bonds. The maximum absolute atomic E-state index is 9.47. The number of likely N-dealkylation sites (tertiary alicyclic amines) is 1. The monoisotopic (exact) mass is 365 g/mol. The van der Waals surface area contributed by atoms with E-state index in [1.807, 2.05) is 12.1 Å². The van der Waals surface area contributed by atoms with Crippen LogP contribution in [0.15, 0.2) is 48.5 Å². The maximum atomic E-state index is 9.47. The number of hydrogen-bond donors (Lipinski definition) is 1. The lowest BCUT2D eigenvalue weighted by molar-refractivity contribution is 0.0887. The Labute approximate surface area is 163 Å². The highest BCUT2D eigenvalue weighted by atomic mass is 16.3. The summed E-state index contributed by atoms with van der Waals surface area (Å²) in [5.74, 6) is 0.349. The van der Waals surface area contributed by atoms with Gasteiger partial charge in [0.05, 0.1) is 0 Å². The second-order valence-electron chi connectivity index (χ2n) is 8.01. The van der Waals surface area contributed by atoms with Gasteiger partial charge in [0.2, 0.25) is 0 Å². The zero-order valence-electron chi connectivity index (χ0n) is 16.3. The summed E-state index contributed by atoms with van der Waals surface area (Å²) in [6, 6.07) is 17.1. The molecule has 1 atom stereocenters. The molecule has 0 bridgehead atoms. The SMILES string of the molecule is Cc1ccccc1N1CCN([C@@H]2CCCN(Cc3ccc(O)cc3)C2)CC1. The minimum absolute atomic E-state index is 0.349. The van der Waals surface area contributed by atoms with E-state index in [1.165, 1.54) is 36.2 Å². The summed E-state index contributed by atoms with van der Waals surface area (Å²) in [4.78, 5) is 7.83. The molecule has 1 N–H and O–H groups in total. The van der Waals surface area contributed by atoms with Gasteiger partial charge in [-0.05, 0) is 55.6 Å². The van der Waals surface area contributed by atoms with E-state index in [9.17, 15) is 5.11 Å². The van der Waals surface area contributed by atoms with E-state index in [0.29, 0.717) is 11.8 Å². The van der Waals surface area contributed by atoms with Crippen LogP contribution in [-0.4, -0.2) is 60.2 Å². The number of phenols is 1. The second kappa shape index (κ2) is 8.32. The third kappa shape index (κ3) is 4.45. The molecule has 0 aliphatic carbocycles. The molecule has 2 aromatic rings. The van der Waals surface area contributed by atoms with Crippen LogP contribution < -0.4 is 4.90 Å². The molecule has 2 aromatic carbocycles. The number of phenolic OH excluding ortho intramolecular Hbond substituents is 1. The number of anilines is 1. The number of aromatic hydroxyl groups is 1. The van der Waals surface area contributed by atoms with Gasteiger partial charge in [-0.3, -0.25) is 9.80 Å². The van der Waals surface area contributed by atoms with Gasteiger partial charge in [0.25, 0.3) is 0 Å². The first kappa shape index (κ1) is 18.3. The Bertz CT molecular complexity index is 738. The Morgan fingerprint density at radius 3 is 2.41 bits per heavy atom. The van der Waals surface area contributed by atoms with Crippen LogP contribution in [-0.2, 0) is 6.54 Å². The Kier molecular flexibility index (Phi) is 5.65. The van der Waals surface area contributed by atoms with Gasteiger partial charge in [0, 0.05) is 51.0 Å². The van der Waals surface area contributed by atoms with Crippen molar-refractivity contribution in [1.82, 2.24) is 9.80 Å². The molecule has 0 unspecified atom stereocenters. The number of para-hydroxylation sites is 1. The van der Waals surface area contributed by atoms with Gasteiger partial charge in [0.15, 0.2) is 0 Å². The fraction of sp³-hybridized carbons (Fsp3) is 0.478. The highest BCUT2D eigenvalue weighted by molar-refractivity contribution is 5.53. The molecule has 0 aromatic heterocycles. The molecule has 2 aliphatic heterocycles. The Morgan fingerprint density at radius 1 is 0.926 bits per heavy atom. The van der Waals surface area contributed by atoms with Crippen LogP contribution in [0, 0.1) is 6.92 Å². The van der Waals surface area contributed by atoms with E-state index in [2.05, 4.69) is 45.9 Å². The van der Waals surface area contributed by atoms with Crippen molar-refractivity contribution in [3.8, 4) is 5.75 Å². The van der Waals surface area contributed by atoms with Gasteiger partial charge in [-0.1, -0.05) is 30.3 Å². The van der Waals surface area contributed by atoms with E-state index >= 15 is 0 Å². The van der Waals surface area contributed by atoms with Crippen LogP contribution in [0.25, 0.3) is 0 Å². The van der Waals surface area contributed by atoms with Crippen molar-refractivity contribution in [2.45, 2.75) is 32.4 Å². The second-order valence-corrected chi connectivity index (χ2v) is 8.01. The first-order chi connectivity index (χ1) is 13.2. The van der Waals surface area contributed by atoms with E-state index in [-0.39, 0.29) is 0 Å². The van der Waals surface area contributed by atoms with E-state index in [0.717, 1.165) is 39.3 Å². The summed E-state index contributed by atoms with van der Waals surface area (Å²) in [6.07, 6.45) is 2.59. The standard InChI is InChI=1S/C23H31N3O/c1-19-5-2-3-7-23(19)26-15-13-25(14-16-26)21-6-4-12-24(18-21)17-20-8-10-22(27)11-9-20/h2-3,5,7-11,21,27H,4,6,12-18H2,1H3/t21-/m1/s1. The fourth-order valence-electron chi connectivity index (χ4n) is 4.58. The minimum atomic E-state index is 0.349. The highest BCUT2D eigenvalue weighted by Crippen LogP contribution is 2.24. The zero-order chi connectivity index (χ0) is 18.6. The van der Waals surface area contributed by atoms with Gasteiger partial charge < -0.3 is 10.0 Å². The van der Waals surface area contributed by atoms with Crippen LogP contribution in [0.1, 0.15) is 24.0 Å². The molecule has 2 aliphatic rings. The van der Waals surface area contributed by atoms with Crippen molar-refractivity contribution < 1.29 is 5.11 Å². The van der Waals surface area contributed by atoms with Gasteiger partial charge in [-0.25, -0.2) is 0 Å². The molecule has 0 radical (unpaired) electrons. The third-order valence-electron chi connectivity index (χ3n) is 6.11. The van der Waals surface area contributed by atoms with Crippen LogP contribution >= 0.6 is 0 Å². The summed E-state index contributed by atoms with van der Waals surface area (Å²) in [5.41, 5.74) is 4.07. The Hall–Kier alpha value is -2.04. The van der Waals surface area contributed by atoms with Crippen molar-refractivity contribution in [2.75, 3.05) is 44.2 Å². The molecule has 0 spiro atoms. The number of benzene rings is 2. The molecule has 4 rings (SSSR count). The van der Waals surface area contributed by atoms with E-state index < -0.39 is 0 Å². The lowest BCUT2D eigenvalue weighted by Crippen LogP contribution is -2.55. The van der Waals surface area contributed by atoms with Crippen LogP contribution in [0.5, 0.6) is 5.75 Å². The Morgan fingerprint density at radius 2 is 1.67 bits per heavy atom. The molecule has 0 saturated carbocycles. The number of hydrogen-bond acceptors (Lipinski definition) is 4. The van der Waals surface area contributed by atoms with Gasteiger partial charge >= 0.3 is 0 Å². The molecule has 4 nitrogen and oxygen atoms in total. The first-order valence-corrected chi connectivity index (χ1v) is 10.2. The molecule has 2 fully saturated rings. The maximum Gasteiger partial charge on any atom is 0.115 e. The van der Waals surface area contributed by atoms with Crippen LogP contribution in [0.3, 0.4) is 0 Å². The number of nitrogens with zero attached hydrogens (tertiary/aromatic N) is 3. The summed E-state index contributed by atoms with van der Waals surface area (Å²) in [5, 5.41) is 9.47. The van der Waals surface area contributed by atoms with E-state index in [1.54, 1.807) is 12.1 Å². The van der Waals surface area contributed by atoms with Crippen molar-refractivity contribution in [3.63, 3.8) is 0 Å². The smallest absolute Gasteiger partial charge is 0.115 e. The summed E-state index contributed by atoms with van der Waals surface area (Å²) >= 11 is 0. The quantitative estimate of drug-likeness (QED) is 0.898. The predicted molar refractivity (Wildman–Crippen MR) is 111 cm³/mol. The van der Waals surface area contributed by atoms with Gasteiger partial charge in [-0.2, -0.15) is 0 Å². The third-order valence-corrected chi connectivity index (χ3v) is 6.11. The molecule has 2 saturated heterocycles.